The molecular formula is C32H51ClO5SSi. The number of allylic oxidation sites excluding steroid dienone is 2. The summed E-state index contributed by atoms with van der Waals surface area (Å²) < 4.78 is 18.0. The summed E-state index contributed by atoms with van der Waals surface area (Å²) in [5.41, 5.74) is -0.668. The van der Waals surface area contributed by atoms with Crippen molar-refractivity contribution in [2.75, 3.05) is 12.5 Å². The molecule has 0 aromatic heterocycles. The van der Waals surface area contributed by atoms with Crippen molar-refractivity contribution in [3.63, 3.8) is 0 Å². The summed E-state index contributed by atoms with van der Waals surface area (Å²) in [5.74, 6) is -1.19. The maximum Gasteiger partial charge on any atom is 0.321 e. The average molecular weight is 611 g/mol. The van der Waals surface area contributed by atoms with Crippen LogP contribution in [0.4, 0.5) is 0 Å². The molecule has 0 heterocycles. The van der Waals surface area contributed by atoms with Gasteiger partial charge in [0, 0.05) is 4.90 Å². The number of ether oxygens (including phenoxy) is 2. The molecule has 1 aromatic rings. The molecule has 8 heteroatoms. The third-order valence-corrected chi connectivity index (χ3v) is 12.8. The third kappa shape index (κ3) is 13.9. The van der Waals surface area contributed by atoms with E-state index < -0.39 is 25.8 Å². The molecule has 3 atom stereocenters. The van der Waals surface area contributed by atoms with Crippen LogP contribution in [0.3, 0.4) is 0 Å². The smallest absolute Gasteiger partial charge is 0.321 e. The van der Waals surface area contributed by atoms with E-state index in [1.165, 1.54) is 6.42 Å². The van der Waals surface area contributed by atoms with E-state index in [-0.39, 0.29) is 34.8 Å². The standard InChI is InChI=1S/C32H51ClO5SSi/c1-10-11-13-18-25(38-40(8,9)32(5,6)7)19-16-17-22-28(39-26-20-14-12-15-21-26)27(37-29(34)23-33)24-36-30(35)31(2,3)4/h12,14-17,19-22,25,27-28H,10-11,13,18,23-24H2,1-9H3/b19-16+,22-17+/t25-,27-,28-/m1/s1. The Morgan fingerprint density at radius 1 is 1.00 bits per heavy atom. The first-order valence-electron chi connectivity index (χ1n) is 14.3. The molecule has 0 aliphatic carbocycles. The molecule has 0 saturated carbocycles. The Morgan fingerprint density at radius 3 is 2.17 bits per heavy atom. The van der Waals surface area contributed by atoms with Gasteiger partial charge in [-0.1, -0.05) is 89.5 Å². The predicted molar refractivity (Wildman–Crippen MR) is 172 cm³/mol. The number of rotatable bonds is 16. The van der Waals surface area contributed by atoms with E-state index in [0.29, 0.717) is 0 Å². The van der Waals surface area contributed by atoms with Crippen molar-refractivity contribution in [3.8, 4) is 0 Å². The molecule has 0 amide bonds. The highest BCUT2D eigenvalue weighted by Gasteiger charge is 2.38. The lowest BCUT2D eigenvalue weighted by Crippen LogP contribution is -2.43. The number of alkyl halides is 1. The Balaban J connectivity index is 3.23. The molecule has 226 valence electrons. The average Bonchev–Trinajstić information content (AvgIpc) is 2.87. The second kappa shape index (κ2) is 17.4. The quantitative estimate of drug-likeness (QED) is 0.0465. The Kier molecular flexibility index (Phi) is 15.9. The summed E-state index contributed by atoms with van der Waals surface area (Å²) in [7, 11) is -1.94. The number of hydrogen-bond acceptors (Lipinski definition) is 6. The van der Waals surface area contributed by atoms with Crippen LogP contribution in [0.15, 0.2) is 59.5 Å². The molecule has 0 aliphatic rings. The summed E-state index contributed by atoms with van der Waals surface area (Å²) in [6, 6.07) is 9.87. The van der Waals surface area contributed by atoms with Gasteiger partial charge in [0.1, 0.15) is 12.5 Å². The van der Waals surface area contributed by atoms with Gasteiger partial charge in [-0.2, -0.15) is 0 Å². The van der Waals surface area contributed by atoms with Gasteiger partial charge in [-0.05, 0) is 57.5 Å². The molecule has 0 fully saturated rings. The topological polar surface area (TPSA) is 61.8 Å². The molecule has 0 saturated heterocycles. The van der Waals surface area contributed by atoms with Crippen molar-refractivity contribution in [3.05, 3.63) is 54.6 Å². The molecule has 0 N–H and O–H groups in total. The lowest BCUT2D eigenvalue weighted by atomic mass is 9.97. The molecule has 0 unspecified atom stereocenters. The largest absolute Gasteiger partial charge is 0.461 e. The van der Waals surface area contributed by atoms with Gasteiger partial charge in [-0.25, -0.2) is 0 Å². The number of hydrogen-bond donors (Lipinski definition) is 0. The van der Waals surface area contributed by atoms with Crippen molar-refractivity contribution in [2.24, 2.45) is 5.41 Å². The number of unbranched alkanes of at least 4 members (excludes halogenated alkanes) is 2. The van der Waals surface area contributed by atoms with Crippen LogP contribution in [0.25, 0.3) is 0 Å². The SMILES string of the molecule is CCCCC[C@H](/C=C/C=C/[C@@H](Sc1ccccc1)[C@@H](COC(=O)C(C)(C)C)OC(=O)CCl)O[Si](C)(C)C(C)(C)C. The van der Waals surface area contributed by atoms with Crippen molar-refractivity contribution in [1.29, 1.82) is 0 Å². The van der Waals surface area contributed by atoms with Crippen LogP contribution in [0.1, 0.15) is 74.1 Å². The van der Waals surface area contributed by atoms with E-state index in [0.717, 1.165) is 24.2 Å². The lowest BCUT2D eigenvalue weighted by molar-refractivity contribution is -0.162. The minimum Gasteiger partial charge on any atom is -0.461 e. The fraction of sp³-hybridized carbons (Fsp3) is 0.625. The lowest BCUT2D eigenvalue weighted by Gasteiger charge is -2.38. The second-order valence-electron chi connectivity index (χ2n) is 12.6. The van der Waals surface area contributed by atoms with Crippen LogP contribution in [0.5, 0.6) is 0 Å². The molecule has 0 radical (unpaired) electrons. The van der Waals surface area contributed by atoms with E-state index in [9.17, 15) is 9.59 Å². The minimum absolute atomic E-state index is 0.0370. The molecule has 1 aromatic carbocycles. The van der Waals surface area contributed by atoms with Crippen molar-refractivity contribution >= 4 is 43.6 Å². The Morgan fingerprint density at radius 2 is 1.62 bits per heavy atom. The summed E-state index contributed by atoms with van der Waals surface area (Å²) in [4.78, 5) is 25.7. The van der Waals surface area contributed by atoms with E-state index in [1.54, 1.807) is 32.5 Å². The molecule has 5 nitrogen and oxygen atoms in total. The molecule has 0 spiro atoms. The highest BCUT2D eigenvalue weighted by atomic mass is 35.5. The number of carbonyl (C=O) groups is 2. The highest BCUT2D eigenvalue weighted by Crippen LogP contribution is 2.38. The fourth-order valence-electron chi connectivity index (χ4n) is 3.37. The highest BCUT2D eigenvalue weighted by molar-refractivity contribution is 8.00. The van der Waals surface area contributed by atoms with Gasteiger partial charge in [0.15, 0.2) is 14.4 Å². The second-order valence-corrected chi connectivity index (χ2v) is 18.9. The molecule has 1 rings (SSSR count). The Hall–Kier alpha value is -1.54. The van der Waals surface area contributed by atoms with Crippen LogP contribution >= 0.6 is 23.4 Å². The minimum atomic E-state index is -1.94. The van der Waals surface area contributed by atoms with E-state index in [1.807, 2.05) is 48.6 Å². The molecular weight excluding hydrogens is 560 g/mol. The van der Waals surface area contributed by atoms with E-state index >= 15 is 0 Å². The van der Waals surface area contributed by atoms with E-state index in [4.69, 9.17) is 25.5 Å². The molecule has 0 bridgehead atoms. The van der Waals surface area contributed by atoms with Crippen LogP contribution in [-0.4, -0.2) is 50.2 Å². The first kappa shape index (κ1) is 36.5. The predicted octanol–water partition coefficient (Wildman–Crippen LogP) is 8.97. The first-order valence-corrected chi connectivity index (χ1v) is 18.6. The summed E-state index contributed by atoms with van der Waals surface area (Å²) in [6.07, 6.45) is 11.9. The molecule has 40 heavy (non-hydrogen) atoms. The zero-order chi connectivity index (χ0) is 30.4. The van der Waals surface area contributed by atoms with Crippen LogP contribution in [0, 0.1) is 5.41 Å². The zero-order valence-electron chi connectivity index (χ0n) is 26.0. The summed E-state index contributed by atoms with van der Waals surface area (Å²) in [5, 5.41) is -0.187. The Labute approximate surface area is 253 Å². The third-order valence-electron chi connectivity index (χ3n) is 6.85. The monoisotopic (exact) mass is 610 g/mol. The van der Waals surface area contributed by atoms with Gasteiger partial charge in [0.2, 0.25) is 0 Å². The van der Waals surface area contributed by atoms with Gasteiger partial charge in [0.05, 0.1) is 16.8 Å². The number of carbonyl (C=O) groups excluding carboxylic acids is 2. The van der Waals surface area contributed by atoms with Crippen LogP contribution < -0.4 is 0 Å². The van der Waals surface area contributed by atoms with Crippen LogP contribution in [0.2, 0.25) is 18.1 Å². The maximum atomic E-state index is 12.5. The van der Waals surface area contributed by atoms with Gasteiger partial charge < -0.3 is 13.9 Å². The van der Waals surface area contributed by atoms with Crippen molar-refractivity contribution < 1.29 is 23.5 Å². The summed E-state index contributed by atoms with van der Waals surface area (Å²) in [6.45, 7) is 18.8. The van der Waals surface area contributed by atoms with Crippen LogP contribution in [-0.2, 0) is 23.5 Å². The Bertz CT molecular complexity index is 950. The zero-order valence-corrected chi connectivity index (χ0v) is 28.6. The van der Waals surface area contributed by atoms with Gasteiger partial charge in [0.25, 0.3) is 0 Å². The number of esters is 2. The first-order chi connectivity index (χ1) is 18.6. The number of benzene rings is 1. The molecule has 0 aliphatic heterocycles. The van der Waals surface area contributed by atoms with E-state index in [2.05, 4.69) is 46.9 Å². The fourth-order valence-corrected chi connectivity index (χ4v) is 5.83. The maximum absolute atomic E-state index is 12.5. The van der Waals surface area contributed by atoms with Gasteiger partial charge >= 0.3 is 11.9 Å². The van der Waals surface area contributed by atoms with Crippen molar-refractivity contribution in [2.45, 2.75) is 115 Å². The van der Waals surface area contributed by atoms with Gasteiger partial charge in [-0.15, -0.1) is 23.4 Å². The summed E-state index contributed by atoms with van der Waals surface area (Å²) >= 11 is 7.31. The van der Waals surface area contributed by atoms with Crippen molar-refractivity contribution in [1.82, 2.24) is 0 Å². The van der Waals surface area contributed by atoms with Gasteiger partial charge in [-0.3, -0.25) is 9.59 Å². The normalized spacial score (nSPS) is 15.2. The number of thioether (sulfide) groups is 1. The number of halogens is 1.